The molecule has 1 spiro atoms. The summed E-state index contributed by atoms with van der Waals surface area (Å²) in [5, 5.41) is 0.232. The van der Waals surface area contributed by atoms with Crippen LogP contribution in [-0.4, -0.2) is 32.2 Å². The van der Waals surface area contributed by atoms with Crippen molar-refractivity contribution < 1.29 is 9.59 Å². The van der Waals surface area contributed by atoms with E-state index in [0.29, 0.717) is 10.6 Å². The number of nitrogens with zero attached hydrogens (tertiary/aromatic N) is 2. The number of carbonyl (C=O) groups excluding carboxylic acids is 2. The normalized spacial score (nSPS) is 24.7. The van der Waals surface area contributed by atoms with Gasteiger partial charge in [-0.1, -0.05) is 108 Å². The number of benzene rings is 4. The van der Waals surface area contributed by atoms with Crippen molar-refractivity contribution in [1.29, 1.82) is 0 Å². The number of hydrogen-bond acceptors (Lipinski definition) is 7. The molecule has 1 saturated heterocycles. The molecule has 4 aromatic carbocycles. The molecule has 0 radical (unpaired) electrons. The van der Waals surface area contributed by atoms with Crippen LogP contribution in [0.1, 0.15) is 27.4 Å². The molecule has 0 saturated carbocycles. The summed E-state index contributed by atoms with van der Waals surface area (Å²) < 4.78 is 0.755. The average Bonchev–Trinajstić information content (AvgIpc) is 3.62. The van der Waals surface area contributed by atoms with Gasteiger partial charge in [0, 0.05) is 27.2 Å². The third kappa shape index (κ3) is 4.22. The van der Waals surface area contributed by atoms with Gasteiger partial charge in [-0.3, -0.25) is 14.6 Å². The Labute approximate surface area is 250 Å². The molecule has 3 aliphatic rings. The number of rotatable bonds is 5. The molecule has 0 aliphatic carbocycles. The summed E-state index contributed by atoms with van der Waals surface area (Å²) in [6, 6.07) is 34.7. The highest BCUT2D eigenvalue weighted by Crippen LogP contribution is 2.63. The molecule has 8 heteroatoms. The van der Waals surface area contributed by atoms with Gasteiger partial charge in [-0.15, -0.1) is 0 Å². The number of aliphatic imine (C=N–C) groups is 1. The lowest BCUT2D eigenvalue weighted by Crippen LogP contribution is -2.45. The van der Waals surface area contributed by atoms with E-state index >= 15 is 0 Å². The average molecular weight is 599 g/mol. The summed E-state index contributed by atoms with van der Waals surface area (Å²) in [4.78, 5) is 37.3. The zero-order valence-electron chi connectivity index (χ0n) is 21.1. The molecule has 4 atom stereocenters. The molecular weight excluding hydrogens is 576 g/mol. The van der Waals surface area contributed by atoms with E-state index in [1.165, 1.54) is 17.3 Å². The quantitative estimate of drug-likeness (QED) is 0.217. The van der Waals surface area contributed by atoms with Gasteiger partial charge in [-0.05, 0) is 59.3 Å². The SMILES string of the molecule is O=C(c1ccc(Cl)cc1)[C@@H]1[C@@H](c2ccccc2)[C@@]2(N=C(SCc3ccccc3)SC2=O)[C@H]2Sc3ccccc3N12. The first-order valence-electron chi connectivity index (χ1n) is 12.9. The van der Waals surface area contributed by atoms with Crippen LogP contribution in [0.25, 0.3) is 0 Å². The maximum absolute atomic E-state index is 14.5. The van der Waals surface area contributed by atoms with Crippen LogP contribution in [0.2, 0.25) is 5.02 Å². The predicted octanol–water partition coefficient (Wildman–Crippen LogP) is 7.93. The number of carbonyl (C=O) groups is 2. The van der Waals surface area contributed by atoms with Crippen LogP contribution in [0.15, 0.2) is 119 Å². The van der Waals surface area contributed by atoms with E-state index in [-0.39, 0.29) is 16.3 Å². The van der Waals surface area contributed by atoms with Crippen molar-refractivity contribution in [3.8, 4) is 0 Å². The van der Waals surface area contributed by atoms with Crippen molar-refractivity contribution in [2.45, 2.75) is 33.5 Å². The van der Waals surface area contributed by atoms with Crippen molar-refractivity contribution in [3.63, 3.8) is 0 Å². The van der Waals surface area contributed by atoms with Crippen molar-refractivity contribution in [2.75, 3.05) is 4.90 Å². The number of anilines is 1. The maximum atomic E-state index is 14.5. The minimum atomic E-state index is -1.12. The van der Waals surface area contributed by atoms with Gasteiger partial charge in [0.25, 0.3) is 0 Å². The number of para-hydroxylation sites is 1. The Hall–Kier alpha value is -2.97. The van der Waals surface area contributed by atoms with E-state index in [2.05, 4.69) is 23.1 Å². The molecule has 3 aliphatic heterocycles. The fraction of sp³-hybridized carbons (Fsp3) is 0.156. The van der Waals surface area contributed by atoms with Gasteiger partial charge in [0.1, 0.15) is 15.8 Å². The Morgan fingerprint density at radius 1 is 0.900 bits per heavy atom. The van der Waals surface area contributed by atoms with Crippen molar-refractivity contribution in [1.82, 2.24) is 0 Å². The van der Waals surface area contributed by atoms with E-state index < -0.39 is 17.5 Å². The first-order valence-corrected chi connectivity index (χ1v) is 16.0. The lowest BCUT2D eigenvalue weighted by Gasteiger charge is -2.30. The van der Waals surface area contributed by atoms with Crippen molar-refractivity contribution in [2.24, 2.45) is 4.99 Å². The monoisotopic (exact) mass is 598 g/mol. The second-order valence-corrected chi connectivity index (χ2v) is 13.7. The second kappa shape index (κ2) is 10.5. The number of hydrogen-bond donors (Lipinski definition) is 0. The van der Waals surface area contributed by atoms with Gasteiger partial charge in [0.2, 0.25) is 5.12 Å². The number of ketones is 1. The molecule has 4 nitrogen and oxygen atoms in total. The van der Waals surface area contributed by atoms with Gasteiger partial charge in [0.15, 0.2) is 11.3 Å². The molecule has 0 bridgehead atoms. The van der Waals surface area contributed by atoms with E-state index in [1.807, 2.05) is 66.7 Å². The Morgan fingerprint density at radius 2 is 1.57 bits per heavy atom. The highest BCUT2D eigenvalue weighted by Gasteiger charge is 2.70. The zero-order valence-corrected chi connectivity index (χ0v) is 24.4. The summed E-state index contributed by atoms with van der Waals surface area (Å²) in [7, 11) is 0. The van der Waals surface area contributed by atoms with Crippen LogP contribution in [0.5, 0.6) is 0 Å². The summed E-state index contributed by atoms with van der Waals surface area (Å²) in [5.74, 6) is 0.224. The Bertz CT molecular complexity index is 1630. The van der Waals surface area contributed by atoms with E-state index in [0.717, 1.165) is 26.3 Å². The summed E-state index contributed by atoms with van der Waals surface area (Å²) in [6.45, 7) is 0. The summed E-state index contributed by atoms with van der Waals surface area (Å²) in [5.41, 5.74) is 2.54. The molecule has 0 amide bonds. The molecule has 0 aromatic heterocycles. The lowest BCUT2D eigenvalue weighted by molar-refractivity contribution is -0.115. The lowest BCUT2D eigenvalue weighted by atomic mass is 9.77. The highest BCUT2D eigenvalue weighted by atomic mass is 35.5. The number of halogens is 1. The molecule has 3 heterocycles. The number of thioether (sulfide) groups is 3. The highest BCUT2D eigenvalue weighted by molar-refractivity contribution is 8.45. The van der Waals surface area contributed by atoms with Gasteiger partial charge >= 0.3 is 0 Å². The summed E-state index contributed by atoms with van der Waals surface area (Å²) in [6.07, 6.45) is 0. The molecule has 0 N–H and O–H groups in total. The molecule has 0 unspecified atom stereocenters. The van der Waals surface area contributed by atoms with Crippen molar-refractivity contribution in [3.05, 3.63) is 131 Å². The molecule has 40 heavy (non-hydrogen) atoms. The summed E-state index contributed by atoms with van der Waals surface area (Å²) >= 11 is 10.6. The topological polar surface area (TPSA) is 49.7 Å². The van der Waals surface area contributed by atoms with E-state index in [4.69, 9.17) is 16.6 Å². The van der Waals surface area contributed by atoms with E-state index in [9.17, 15) is 9.59 Å². The van der Waals surface area contributed by atoms with Crippen LogP contribution >= 0.6 is 46.9 Å². The van der Waals surface area contributed by atoms with Crippen LogP contribution < -0.4 is 4.90 Å². The molecule has 1 fully saturated rings. The van der Waals surface area contributed by atoms with Crippen LogP contribution in [0.3, 0.4) is 0 Å². The van der Waals surface area contributed by atoms with Gasteiger partial charge in [0.05, 0.1) is 5.69 Å². The molecule has 198 valence electrons. The van der Waals surface area contributed by atoms with E-state index in [1.54, 1.807) is 47.8 Å². The second-order valence-electron chi connectivity index (χ2n) is 9.92. The Balaban J connectivity index is 1.39. The molecular formula is C32H23ClN2O2S3. The van der Waals surface area contributed by atoms with Gasteiger partial charge in [-0.2, -0.15) is 0 Å². The van der Waals surface area contributed by atoms with Crippen LogP contribution in [-0.2, 0) is 10.5 Å². The number of Topliss-reactive ketones (excluding diaryl/α,β-unsaturated/α-hetero) is 1. The largest absolute Gasteiger partial charge is 0.344 e. The third-order valence-electron chi connectivity index (χ3n) is 7.65. The first-order chi connectivity index (χ1) is 19.6. The van der Waals surface area contributed by atoms with Gasteiger partial charge < -0.3 is 4.90 Å². The smallest absolute Gasteiger partial charge is 0.227 e. The van der Waals surface area contributed by atoms with Crippen molar-refractivity contribution >= 4 is 67.8 Å². The predicted molar refractivity (Wildman–Crippen MR) is 168 cm³/mol. The van der Waals surface area contributed by atoms with Crippen LogP contribution in [0, 0.1) is 0 Å². The minimum absolute atomic E-state index is 0.00127. The molecule has 4 aromatic rings. The molecule has 7 rings (SSSR count). The fourth-order valence-corrected chi connectivity index (χ4v) is 9.78. The standard InChI is InChI=1S/C32H23ClN2O2S3/c33-23-17-15-22(16-18-23)28(36)27-26(21-11-5-2-6-12-21)32(29-35(27)24-13-7-8-14-25(24)39-29)30(37)40-31(34-32)38-19-20-9-3-1-4-10-20/h1-18,26-27,29H,19H2/t26-,27+,29-,32-/m1/s1. The number of fused-ring (bicyclic) bond motifs is 4. The minimum Gasteiger partial charge on any atom is -0.344 e. The van der Waals surface area contributed by atoms with Crippen LogP contribution in [0.4, 0.5) is 5.69 Å². The third-order valence-corrected chi connectivity index (χ3v) is 11.5. The fourth-order valence-electron chi connectivity index (χ4n) is 5.90. The Morgan fingerprint density at radius 3 is 2.33 bits per heavy atom. The van der Waals surface area contributed by atoms with Gasteiger partial charge in [-0.25, -0.2) is 0 Å². The first kappa shape index (κ1) is 26.0. The Kier molecular flexibility index (Phi) is 6.79. The maximum Gasteiger partial charge on any atom is 0.227 e. The zero-order chi connectivity index (χ0) is 27.3.